The summed E-state index contributed by atoms with van der Waals surface area (Å²) in [6.07, 6.45) is 1.86. The average Bonchev–Trinajstić information content (AvgIpc) is 2.39. The van der Waals surface area contributed by atoms with E-state index in [2.05, 4.69) is 27.0 Å². The van der Waals surface area contributed by atoms with Crippen LogP contribution in [-0.4, -0.2) is 10.1 Å². The van der Waals surface area contributed by atoms with Gasteiger partial charge in [0.2, 0.25) is 0 Å². The van der Waals surface area contributed by atoms with Crippen LogP contribution in [-0.2, 0) is 0 Å². The van der Waals surface area contributed by atoms with Crippen LogP contribution in [0.2, 0.25) is 0 Å². The van der Waals surface area contributed by atoms with Gasteiger partial charge in [0.25, 0.3) is 0 Å². The quantitative estimate of drug-likeness (QED) is 0.724. The predicted molar refractivity (Wildman–Crippen MR) is 76.5 cm³/mol. The molecule has 0 bridgehead atoms. The molecule has 1 aromatic heterocycles. The van der Waals surface area contributed by atoms with Gasteiger partial charge in [-0.05, 0) is 41.8 Å². The highest BCUT2D eigenvalue weighted by Gasteiger charge is 2.03. The number of phenols is 1. The fraction of sp³-hybridized carbons (Fsp3) is 0. The van der Waals surface area contributed by atoms with Gasteiger partial charge in [0.1, 0.15) is 5.75 Å². The number of rotatable bonds is 1. The molecule has 3 heteroatoms. The van der Waals surface area contributed by atoms with Crippen molar-refractivity contribution in [2.24, 2.45) is 0 Å². The number of phenolic OH excluding ortho intramolecular Hbond substituents is 1. The molecule has 0 unspecified atom stereocenters. The fourth-order valence-electron chi connectivity index (χ4n) is 1.92. The second kappa shape index (κ2) is 4.42. The van der Waals surface area contributed by atoms with Crippen molar-refractivity contribution in [1.82, 2.24) is 4.98 Å². The van der Waals surface area contributed by atoms with E-state index in [0.717, 1.165) is 26.5 Å². The number of pyridine rings is 1. The zero-order valence-electron chi connectivity index (χ0n) is 9.47. The first-order valence-electron chi connectivity index (χ1n) is 5.58. The Morgan fingerprint density at radius 2 is 1.78 bits per heavy atom. The Kier molecular flexibility index (Phi) is 2.76. The second-order valence-corrected chi connectivity index (χ2v) is 4.93. The van der Waals surface area contributed by atoms with Crippen LogP contribution in [0.25, 0.3) is 22.0 Å². The monoisotopic (exact) mass is 299 g/mol. The zero-order valence-corrected chi connectivity index (χ0v) is 11.1. The molecule has 0 aliphatic rings. The second-order valence-electron chi connectivity index (χ2n) is 4.08. The smallest absolute Gasteiger partial charge is 0.115 e. The summed E-state index contributed by atoms with van der Waals surface area (Å²) in [5, 5.41) is 11.5. The maximum Gasteiger partial charge on any atom is 0.115 e. The number of halogens is 1. The van der Waals surface area contributed by atoms with Crippen LogP contribution in [0.1, 0.15) is 0 Å². The first kappa shape index (κ1) is 11.2. The van der Waals surface area contributed by atoms with E-state index in [9.17, 15) is 5.11 Å². The van der Waals surface area contributed by atoms with Crippen molar-refractivity contribution >= 4 is 26.7 Å². The first-order valence-corrected chi connectivity index (χ1v) is 6.37. The van der Waals surface area contributed by atoms with Gasteiger partial charge in [-0.25, -0.2) is 0 Å². The summed E-state index contributed by atoms with van der Waals surface area (Å²) in [5.74, 6) is 0.266. The maximum absolute atomic E-state index is 9.29. The molecular weight excluding hydrogens is 290 g/mol. The summed E-state index contributed by atoms with van der Waals surface area (Å²) < 4.78 is 1.05. The van der Waals surface area contributed by atoms with E-state index in [4.69, 9.17) is 0 Å². The summed E-state index contributed by atoms with van der Waals surface area (Å²) in [5.41, 5.74) is 1.90. The third-order valence-corrected chi connectivity index (χ3v) is 3.57. The molecular formula is C15H10BrNO. The van der Waals surface area contributed by atoms with Gasteiger partial charge >= 0.3 is 0 Å². The molecule has 88 valence electrons. The average molecular weight is 300 g/mol. The fourth-order valence-corrected chi connectivity index (χ4v) is 2.41. The molecule has 3 rings (SSSR count). The number of hydrogen-bond acceptors (Lipinski definition) is 2. The van der Waals surface area contributed by atoms with Crippen LogP contribution in [0.4, 0.5) is 0 Å². The lowest BCUT2D eigenvalue weighted by Crippen LogP contribution is -1.84. The molecule has 2 nitrogen and oxygen atoms in total. The molecule has 0 radical (unpaired) electrons. The Morgan fingerprint density at radius 1 is 1.00 bits per heavy atom. The summed E-state index contributed by atoms with van der Waals surface area (Å²) >= 11 is 3.51. The number of benzene rings is 2. The van der Waals surface area contributed by atoms with E-state index in [-0.39, 0.29) is 5.75 Å². The van der Waals surface area contributed by atoms with Crippen molar-refractivity contribution in [3.63, 3.8) is 0 Å². The number of fused-ring (bicyclic) bond motifs is 1. The van der Waals surface area contributed by atoms with Gasteiger partial charge in [0, 0.05) is 21.6 Å². The maximum atomic E-state index is 9.29. The lowest BCUT2D eigenvalue weighted by Gasteiger charge is -2.04. The SMILES string of the molecule is Oc1ccc(-c2cc3cccc(Br)c3cn2)cc1. The Hall–Kier alpha value is -1.87. The number of aromatic hydroxyl groups is 1. The summed E-state index contributed by atoms with van der Waals surface area (Å²) in [4.78, 5) is 4.46. The lowest BCUT2D eigenvalue weighted by molar-refractivity contribution is 0.475. The third-order valence-electron chi connectivity index (χ3n) is 2.87. The lowest BCUT2D eigenvalue weighted by atomic mass is 10.1. The number of hydrogen-bond donors (Lipinski definition) is 1. The van der Waals surface area contributed by atoms with Gasteiger partial charge < -0.3 is 5.11 Å². The van der Waals surface area contributed by atoms with E-state index < -0.39 is 0 Å². The minimum atomic E-state index is 0.266. The Bertz CT molecular complexity index is 707. The minimum absolute atomic E-state index is 0.266. The van der Waals surface area contributed by atoms with Crippen LogP contribution in [0, 0.1) is 0 Å². The molecule has 0 saturated carbocycles. The molecule has 1 heterocycles. The van der Waals surface area contributed by atoms with E-state index >= 15 is 0 Å². The van der Waals surface area contributed by atoms with Crippen LogP contribution < -0.4 is 0 Å². The van der Waals surface area contributed by atoms with Gasteiger partial charge in [-0.15, -0.1) is 0 Å². The number of nitrogens with zero attached hydrogens (tertiary/aromatic N) is 1. The third kappa shape index (κ3) is 1.97. The highest BCUT2D eigenvalue weighted by atomic mass is 79.9. The first-order chi connectivity index (χ1) is 8.74. The number of aromatic nitrogens is 1. The van der Waals surface area contributed by atoms with E-state index in [1.165, 1.54) is 0 Å². The highest BCUT2D eigenvalue weighted by Crippen LogP contribution is 2.27. The van der Waals surface area contributed by atoms with Crippen LogP contribution >= 0.6 is 15.9 Å². The molecule has 0 amide bonds. The Morgan fingerprint density at radius 3 is 2.56 bits per heavy atom. The normalized spacial score (nSPS) is 10.7. The predicted octanol–water partition coefficient (Wildman–Crippen LogP) is 4.37. The Balaban J connectivity index is 2.16. The van der Waals surface area contributed by atoms with Gasteiger partial charge in [0.05, 0.1) is 5.69 Å². The standard InChI is InChI=1S/C15H10BrNO/c16-14-3-1-2-11-8-15(17-9-13(11)14)10-4-6-12(18)7-5-10/h1-9,18H. The van der Waals surface area contributed by atoms with Crippen molar-refractivity contribution in [3.05, 3.63) is 59.2 Å². The summed E-state index contributed by atoms with van der Waals surface area (Å²) in [6, 6.07) is 15.2. The van der Waals surface area contributed by atoms with Crippen LogP contribution in [0.5, 0.6) is 5.75 Å². The highest BCUT2D eigenvalue weighted by molar-refractivity contribution is 9.10. The summed E-state index contributed by atoms with van der Waals surface area (Å²) in [6.45, 7) is 0. The van der Waals surface area contributed by atoms with E-state index in [0.29, 0.717) is 0 Å². The van der Waals surface area contributed by atoms with Crippen molar-refractivity contribution in [3.8, 4) is 17.0 Å². The largest absolute Gasteiger partial charge is 0.508 e. The van der Waals surface area contributed by atoms with Crippen LogP contribution in [0.15, 0.2) is 59.2 Å². The van der Waals surface area contributed by atoms with Crippen molar-refractivity contribution in [2.75, 3.05) is 0 Å². The summed E-state index contributed by atoms with van der Waals surface area (Å²) in [7, 11) is 0. The molecule has 2 aromatic carbocycles. The molecule has 0 fully saturated rings. The van der Waals surface area contributed by atoms with Crippen molar-refractivity contribution < 1.29 is 5.11 Å². The molecule has 0 atom stereocenters. The van der Waals surface area contributed by atoms with Crippen molar-refractivity contribution in [1.29, 1.82) is 0 Å². The molecule has 1 N–H and O–H groups in total. The molecule has 0 aliphatic heterocycles. The molecule has 18 heavy (non-hydrogen) atoms. The topological polar surface area (TPSA) is 33.1 Å². The molecule has 0 saturated heterocycles. The van der Waals surface area contributed by atoms with Gasteiger partial charge in [-0.1, -0.05) is 28.1 Å². The van der Waals surface area contributed by atoms with E-state index in [1.807, 2.05) is 36.5 Å². The van der Waals surface area contributed by atoms with E-state index in [1.54, 1.807) is 12.1 Å². The van der Waals surface area contributed by atoms with Gasteiger partial charge in [-0.2, -0.15) is 0 Å². The molecule has 0 spiro atoms. The van der Waals surface area contributed by atoms with Crippen molar-refractivity contribution in [2.45, 2.75) is 0 Å². The van der Waals surface area contributed by atoms with Gasteiger partial charge in [-0.3, -0.25) is 4.98 Å². The molecule has 0 aliphatic carbocycles. The van der Waals surface area contributed by atoms with Gasteiger partial charge in [0.15, 0.2) is 0 Å². The zero-order chi connectivity index (χ0) is 12.5. The molecule has 3 aromatic rings. The Labute approximate surface area is 113 Å². The van der Waals surface area contributed by atoms with Crippen LogP contribution in [0.3, 0.4) is 0 Å². The minimum Gasteiger partial charge on any atom is -0.508 e.